The van der Waals surface area contributed by atoms with Crippen LogP contribution < -0.4 is 10.5 Å². The van der Waals surface area contributed by atoms with E-state index < -0.39 is 28.5 Å². The predicted molar refractivity (Wildman–Crippen MR) is 93.1 cm³/mol. The fraction of sp³-hybridized carbons (Fsp3) is 0.267. The molecule has 1 aromatic heterocycles. The molecule has 8 nitrogen and oxygen atoms in total. The zero-order valence-corrected chi connectivity index (χ0v) is 15.5. The van der Waals surface area contributed by atoms with Gasteiger partial charge in [0, 0.05) is 5.69 Å². The first-order chi connectivity index (χ1) is 11.6. The first kappa shape index (κ1) is 19.0. The number of primary sulfonamides is 1. The number of benzene rings is 1. The molecule has 0 aliphatic heterocycles. The maximum atomic E-state index is 11.9. The number of carbonyl (C=O) groups excluding carboxylic acids is 2. The van der Waals surface area contributed by atoms with Crippen LogP contribution in [0.5, 0.6) is 0 Å². The lowest BCUT2D eigenvalue weighted by Gasteiger charge is -2.09. The van der Waals surface area contributed by atoms with E-state index >= 15 is 0 Å². The van der Waals surface area contributed by atoms with Crippen molar-refractivity contribution in [3.05, 3.63) is 39.3 Å². The Labute approximate surface area is 149 Å². The van der Waals surface area contributed by atoms with Crippen LogP contribution in [0.2, 0.25) is 0 Å². The Morgan fingerprint density at radius 3 is 2.52 bits per heavy atom. The van der Waals surface area contributed by atoms with Crippen molar-refractivity contribution in [3.63, 3.8) is 0 Å². The third-order valence-electron chi connectivity index (χ3n) is 3.20. The number of rotatable bonds is 5. The minimum Gasteiger partial charge on any atom is -0.451 e. The van der Waals surface area contributed by atoms with E-state index in [9.17, 15) is 18.0 Å². The molecule has 134 valence electrons. The second kappa shape index (κ2) is 7.30. The van der Waals surface area contributed by atoms with Gasteiger partial charge in [-0.05, 0) is 38.5 Å². The molecule has 10 heteroatoms. The van der Waals surface area contributed by atoms with E-state index in [4.69, 9.17) is 9.88 Å². The van der Waals surface area contributed by atoms with Crippen LogP contribution in [0.15, 0.2) is 23.1 Å². The third-order valence-corrected chi connectivity index (χ3v) is 5.31. The van der Waals surface area contributed by atoms with Crippen molar-refractivity contribution in [1.82, 2.24) is 4.98 Å². The van der Waals surface area contributed by atoms with Gasteiger partial charge in [0.2, 0.25) is 10.0 Å². The van der Waals surface area contributed by atoms with Crippen LogP contribution in [0.4, 0.5) is 5.69 Å². The molecule has 3 N–H and O–H groups in total. The summed E-state index contributed by atoms with van der Waals surface area (Å²) in [5.74, 6) is -1.23. The molecule has 0 aliphatic carbocycles. The number of hydrogen-bond donors (Lipinski definition) is 2. The Balaban J connectivity index is 2.01. The maximum absolute atomic E-state index is 11.9. The van der Waals surface area contributed by atoms with Gasteiger partial charge in [0.05, 0.1) is 15.6 Å². The van der Waals surface area contributed by atoms with E-state index in [0.29, 0.717) is 16.1 Å². The summed E-state index contributed by atoms with van der Waals surface area (Å²) in [6, 6.07) is 4.30. The highest BCUT2D eigenvalue weighted by molar-refractivity contribution is 7.89. The monoisotopic (exact) mass is 383 g/mol. The van der Waals surface area contributed by atoms with Gasteiger partial charge in [-0.25, -0.2) is 23.3 Å². The molecule has 0 unspecified atom stereocenters. The quantitative estimate of drug-likeness (QED) is 0.753. The van der Waals surface area contributed by atoms with Crippen LogP contribution >= 0.6 is 11.3 Å². The molecule has 0 aliphatic rings. The number of hydrogen-bond acceptors (Lipinski definition) is 7. The van der Waals surface area contributed by atoms with Crippen LogP contribution in [0.25, 0.3) is 0 Å². The highest BCUT2D eigenvalue weighted by Crippen LogP contribution is 2.20. The summed E-state index contributed by atoms with van der Waals surface area (Å²) in [5.41, 5.74) is 1.24. The van der Waals surface area contributed by atoms with Crippen LogP contribution in [0, 0.1) is 20.8 Å². The highest BCUT2D eigenvalue weighted by atomic mass is 32.2. The molecule has 25 heavy (non-hydrogen) atoms. The molecule has 0 atom stereocenters. The molecular formula is C15H17N3O5S2. The number of ether oxygens (including phenoxy) is 1. The van der Waals surface area contributed by atoms with Crippen molar-refractivity contribution < 1.29 is 22.7 Å². The topological polar surface area (TPSA) is 128 Å². The number of esters is 1. The first-order valence-electron chi connectivity index (χ1n) is 7.12. The van der Waals surface area contributed by atoms with Crippen molar-refractivity contribution in [1.29, 1.82) is 0 Å². The maximum Gasteiger partial charge on any atom is 0.350 e. The van der Waals surface area contributed by atoms with E-state index in [1.54, 1.807) is 20.8 Å². The summed E-state index contributed by atoms with van der Waals surface area (Å²) in [7, 11) is -3.90. The molecule has 0 spiro atoms. The Morgan fingerprint density at radius 1 is 1.28 bits per heavy atom. The number of nitrogens with one attached hydrogen (secondary N) is 1. The van der Waals surface area contributed by atoms with E-state index in [1.807, 2.05) is 0 Å². The molecule has 0 saturated carbocycles. The van der Waals surface area contributed by atoms with Gasteiger partial charge in [0.1, 0.15) is 4.88 Å². The Kier molecular flexibility index (Phi) is 5.55. The Bertz CT molecular complexity index is 935. The largest absolute Gasteiger partial charge is 0.451 e. The SMILES string of the molecule is Cc1nc(C)c(C(=O)OCC(=O)Nc2ccc(C)c(S(N)(=O)=O)c2)s1. The van der Waals surface area contributed by atoms with Crippen molar-refractivity contribution in [2.24, 2.45) is 5.14 Å². The minimum atomic E-state index is -3.90. The predicted octanol–water partition coefficient (Wildman–Crippen LogP) is 1.51. The average molecular weight is 383 g/mol. The molecule has 0 radical (unpaired) electrons. The Hall–Kier alpha value is -2.30. The molecule has 2 aromatic rings. The van der Waals surface area contributed by atoms with E-state index in [1.165, 1.54) is 29.5 Å². The summed E-state index contributed by atoms with van der Waals surface area (Å²) in [6.45, 7) is 4.53. The van der Waals surface area contributed by atoms with Gasteiger partial charge in [-0.3, -0.25) is 4.79 Å². The molecule has 0 fully saturated rings. The summed E-state index contributed by atoms with van der Waals surface area (Å²) in [4.78, 5) is 28.2. The molecule has 2 rings (SSSR count). The zero-order valence-electron chi connectivity index (χ0n) is 13.8. The van der Waals surface area contributed by atoms with Crippen molar-refractivity contribution in [3.8, 4) is 0 Å². The van der Waals surface area contributed by atoms with Crippen LogP contribution in [-0.2, 0) is 19.6 Å². The molecule has 1 heterocycles. The van der Waals surface area contributed by atoms with Gasteiger partial charge >= 0.3 is 5.97 Å². The minimum absolute atomic E-state index is 0.0851. The number of anilines is 1. The van der Waals surface area contributed by atoms with Gasteiger partial charge in [-0.1, -0.05) is 6.07 Å². The lowest BCUT2D eigenvalue weighted by atomic mass is 10.2. The second-order valence-electron chi connectivity index (χ2n) is 5.30. The second-order valence-corrected chi connectivity index (χ2v) is 8.03. The number of thiazole rings is 1. The molecule has 0 saturated heterocycles. The van der Waals surface area contributed by atoms with Gasteiger partial charge in [-0.15, -0.1) is 11.3 Å². The first-order valence-corrected chi connectivity index (χ1v) is 9.48. The number of carbonyl (C=O) groups is 2. The van der Waals surface area contributed by atoms with Crippen LogP contribution in [-0.4, -0.2) is 31.9 Å². The van der Waals surface area contributed by atoms with Gasteiger partial charge in [-0.2, -0.15) is 0 Å². The van der Waals surface area contributed by atoms with Gasteiger partial charge < -0.3 is 10.1 Å². The number of amides is 1. The number of sulfonamides is 1. The van der Waals surface area contributed by atoms with Gasteiger partial charge in [0.15, 0.2) is 6.61 Å². The summed E-state index contributed by atoms with van der Waals surface area (Å²) in [6.07, 6.45) is 0. The van der Waals surface area contributed by atoms with Crippen LogP contribution in [0.3, 0.4) is 0 Å². The smallest absolute Gasteiger partial charge is 0.350 e. The molecular weight excluding hydrogens is 366 g/mol. The van der Waals surface area contributed by atoms with E-state index in [0.717, 1.165) is 5.01 Å². The lowest BCUT2D eigenvalue weighted by Crippen LogP contribution is -2.21. The lowest BCUT2D eigenvalue weighted by molar-refractivity contribution is -0.119. The standard InChI is InChI=1S/C15H17N3O5S2/c1-8-4-5-11(6-12(8)25(16,21)22)18-13(19)7-23-15(20)14-9(2)17-10(3)24-14/h4-6H,7H2,1-3H3,(H,18,19)(H2,16,21,22). The fourth-order valence-corrected chi connectivity index (χ4v) is 3.72. The zero-order chi connectivity index (χ0) is 18.8. The summed E-state index contributed by atoms with van der Waals surface area (Å²) in [5, 5.41) is 8.31. The number of aromatic nitrogens is 1. The van der Waals surface area contributed by atoms with E-state index in [-0.39, 0.29) is 10.6 Å². The van der Waals surface area contributed by atoms with Crippen molar-refractivity contribution in [2.75, 3.05) is 11.9 Å². The molecule has 0 bridgehead atoms. The van der Waals surface area contributed by atoms with Crippen molar-refractivity contribution in [2.45, 2.75) is 25.7 Å². The van der Waals surface area contributed by atoms with Crippen molar-refractivity contribution >= 4 is 38.9 Å². The average Bonchev–Trinajstić information content (AvgIpc) is 2.84. The van der Waals surface area contributed by atoms with Gasteiger partial charge in [0.25, 0.3) is 5.91 Å². The third kappa shape index (κ3) is 4.84. The molecule has 1 aromatic carbocycles. The number of nitrogens with zero attached hydrogens (tertiary/aromatic N) is 1. The Morgan fingerprint density at radius 2 is 1.96 bits per heavy atom. The normalized spacial score (nSPS) is 11.2. The summed E-state index contributed by atoms with van der Waals surface area (Å²) < 4.78 is 27.9. The van der Waals surface area contributed by atoms with E-state index in [2.05, 4.69) is 10.3 Å². The van der Waals surface area contributed by atoms with Crippen LogP contribution in [0.1, 0.15) is 25.9 Å². The molecule has 1 amide bonds. The number of aryl methyl sites for hydroxylation is 3. The highest BCUT2D eigenvalue weighted by Gasteiger charge is 2.17. The summed E-state index contributed by atoms with van der Waals surface area (Å²) >= 11 is 1.19. The fourth-order valence-electron chi connectivity index (χ4n) is 2.10. The number of nitrogens with two attached hydrogens (primary N) is 1.